The third-order valence-corrected chi connectivity index (χ3v) is 3.50. The van der Waals surface area contributed by atoms with Gasteiger partial charge in [-0.1, -0.05) is 25.5 Å². The molecular formula is C19H22N2O4. The quantitative estimate of drug-likeness (QED) is 0.571. The fraction of sp³-hybridized carbons (Fsp3) is 0.263. The monoisotopic (exact) mass is 342 g/mol. The molecule has 0 aliphatic carbocycles. The van der Waals surface area contributed by atoms with Gasteiger partial charge in [-0.25, -0.2) is 5.43 Å². The van der Waals surface area contributed by atoms with Crippen molar-refractivity contribution in [1.82, 2.24) is 5.43 Å². The maximum absolute atomic E-state index is 12.3. The molecule has 0 aromatic heterocycles. The Hall–Kier alpha value is -3.02. The average molecular weight is 342 g/mol. The molecule has 1 unspecified atom stereocenters. The van der Waals surface area contributed by atoms with Gasteiger partial charge in [0.25, 0.3) is 5.91 Å². The summed E-state index contributed by atoms with van der Waals surface area (Å²) in [7, 11) is 1.59. The molecule has 0 spiro atoms. The Morgan fingerprint density at radius 2 is 1.88 bits per heavy atom. The van der Waals surface area contributed by atoms with E-state index in [-0.39, 0.29) is 11.7 Å². The number of nitrogens with zero attached hydrogens (tertiary/aromatic N) is 1. The van der Waals surface area contributed by atoms with E-state index in [1.54, 1.807) is 55.6 Å². The molecule has 0 heterocycles. The van der Waals surface area contributed by atoms with E-state index in [0.29, 0.717) is 17.7 Å². The van der Waals surface area contributed by atoms with Gasteiger partial charge in [-0.2, -0.15) is 5.10 Å². The van der Waals surface area contributed by atoms with Crippen LogP contribution < -0.4 is 14.9 Å². The lowest BCUT2D eigenvalue weighted by Crippen LogP contribution is -2.35. The van der Waals surface area contributed by atoms with Gasteiger partial charge in [0.2, 0.25) is 0 Å². The normalized spacial score (nSPS) is 11.9. The molecule has 25 heavy (non-hydrogen) atoms. The summed E-state index contributed by atoms with van der Waals surface area (Å²) in [5.74, 6) is 1.06. The molecule has 6 nitrogen and oxygen atoms in total. The predicted molar refractivity (Wildman–Crippen MR) is 96.2 cm³/mol. The van der Waals surface area contributed by atoms with E-state index in [2.05, 4.69) is 10.5 Å². The lowest BCUT2D eigenvalue weighted by atomic mass is 10.2. The molecule has 0 fully saturated rings. The predicted octanol–water partition coefficient (Wildman–Crippen LogP) is 3.10. The lowest BCUT2D eigenvalue weighted by molar-refractivity contribution is -0.128. The number of phenolic OH excluding ortho intramolecular Hbond substituents is 1. The maximum atomic E-state index is 12.3. The fourth-order valence-electron chi connectivity index (χ4n) is 2.16. The van der Waals surface area contributed by atoms with Crippen LogP contribution in [0.2, 0.25) is 0 Å². The second kappa shape index (κ2) is 9.32. The van der Waals surface area contributed by atoms with E-state index in [9.17, 15) is 9.90 Å². The minimum absolute atomic E-state index is 0.0973. The van der Waals surface area contributed by atoms with Crippen LogP contribution in [0.15, 0.2) is 53.6 Å². The Bertz CT molecular complexity index is 714. The summed E-state index contributed by atoms with van der Waals surface area (Å²) in [6.07, 6.45) is 2.09. The fourth-order valence-corrected chi connectivity index (χ4v) is 2.16. The standard InChI is InChI=1S/C19H22N2O4/c1-3-6-18(25-16-11-9-15(24-2)10-12-16)19(23)21-20-13-14-7-4-5-8-17(14)22/h4-5,7-13,18,22H,3,6H2,1-2H3,(H,21,23). The number of benzene rings is 2. The SMILES string of the molecule is CCCC(Oc1ccc(OC)cc1)C(=O)NN=Cc1ccccc1O. The Labute approximate surface area is 147 Å². The molecule has 2 N–H and O–H groups in total. The molecule has 0 saturated carbocycles. The van der Waals surface area contributed by atoms with Gasteiger partial charge >= 0.3 is 0 Å². The zero-order valence-corrected chi connectivity index (χ0v) is 14.3. The first-order chi connectivity index (χ1) is 12.1. The molecule has 2 aromatic carbocycles. The number of carbonyl (C=O) groups is 1. The van der Waals surface area contributed by atoms with Crippen LogP contribution in [0, 0.1) is 0 Å². The summed E-state index contributed by atoms with van der Waals surface area (Å²) < 4.78 is 10.9. The topological polar surface area (TPSA) is 80.2 Å². The number of nitrogens with one attached hydrogen (secondary N) is 1. The molecule has 0 bridgehead atoms. The smallest absolute Gasteiger partial charge is 0.281 e. The van der Waals surface area contributed by atoms with Crippen molar-refractivity contribution in [3.63, 3.8) is 0 Å². The summed E-state index contributed by atoms with van der Waals surface area (Å²) in [5.41, 5.74) is 2.98. The molecule has 1 amide bonds. The molecule has 2 aromatic rings. The highest BCUT2D eigenvalue weighted by Crippen LogP contribution is 2.19. The van der Waals surface area contributed by atoms with Crippen molar-refractivity contribution in [2.45, 2.75) is 25.9 Å². The molecular weight excluding hydrogens is 320 g/mol. The van der Waals surface area contributed by atoms with Crippen molar-refractivity contribution in [3.05, 3.63) is 54.1 Å². The van der Waals surface area contributed by atoms with Crippen molar-refractivity contribution in [2.24, 2.45) is 5.10 Å². The van der Waals surface area contributed by atoms with Gasteiger partial charge in [0, 0.05) is 5.56 Å². The maximum Gasteiger partial charge on any atom is 0.281 e. The Balaban J connectivity index is 1.98. The van der Waals surface area contributed by atoms with E-state index in [4.69, 9.17) is 9.47 Å². The number of hydrazone groups is 1. The first kappa shape index (κ1) is 18.3. The molecule has 132 valence electrons. The van der Waals surface area contributed by atoms with Crippen LogP contribution in [-0.2, 0) is 4.79 Å². The first-order valence-electron chi connectivity index (χ1n) is 8.05. The molecule has 0 aliphatic heterocycles. The summed E-state index contributed by atoms with van der Waals surface area (Å²) in [6.45, 7) is 1.98. The lowest BCUT2D eigenvalue weighted by Gasteiger charge is -2.17. The molecule has 1 atom stereocenters. The van der Waals surface area contributed by atoms with Crippen LogP contribution in [0.4, 0.5) is 0 Å². The third-order valence-electron chi connectivity index (χ3n) is 3.50. The Morgan fingerprint density at radius 3 is 2.52 bits per heavy atom. The molecule has 6 heteroatoms. The zero-order valence-electron chi connectivity index (χ0n) is 14.3. The summed E-state index contributed by atoms with van der Waals surface area (Å²) in [6, 6.07) is 13.8. The van der Waals surface area contributed by atoms with Crippen LogP contribution in [0.5, 0.6) is 17.2 Å². The Morgan fingerprint density at radius 1 is 1.20 bits per heavy atom. The average Bonchev–Trinajstić information content (AvgIpc) is 2.63. The Kier molecular flexibility index (Phi) is 6.83. The van der Waals surface area contributed by atoms with Crippen LogP contribution >= 0.6 is 0 Å². The molecule has 2 rings (SSSR count). The van der Waals surface area contributed by atoms with Crippen LogP contribution in [0.25, 0.3) is 0 Å². The minimum atomic E-state index is -0.653. The van der Waals surface area contributed by atoms with Gasteiger partial charge in [-0.15, -0.1) is 0 Å². The number of carbonyl (C=O) groups excluding carboxylic acids is 1. The second-order valence-electron chi connectivity index (χ2n) is 5.36. The number of aromatic hydroxyl groups is 1. The highest BCUT2D eigenvalue weighted by atomic mass is 16.5. The van der Waals surface area contributed by atoms with Gasteiger partial charge in [-0.05, 0) is 42.8 Å². The number of ether oxygens (including phenoxy) is 2. The van der Waals surface area contributed by atoms with E-state index in [1.165, 1.54) is 6.21 Å². The summed E-state index contributed by atoms with van der Waals surface area (Å²) in [4.78, 5) is 12.3. The van der Waals surface area contributed by atoms with Crippen LogP contribution in [-0.4, -0.2) is 30.4 Å². The molecule has 0 saturated heterocycles. The van der Waals surface area contributed by atoms with Gasteiger partial charge in [0.15, 0.2) is 6.10 Å². The number of amides is 1. The van der Waals surface area contributed by atoms with Gasteiger partial charge < -0.3 is 14.6 Å². The van der Waals surface area contributed by atoms with Crippen molar-refractivity contribution in [1.29, 1.82) is 0 Å². The van der Waals surface area contributed by atoms with Crippen LogP contribution in [0.3, 0.4) is 0 Å². The number of rotatable bonds is 8. The largest absolute Gasteiger partial charge is 0.507 e. The van der Waals surface area contributed by atoms with Crippen LogP contribution in [0.1, 0.15) is 25.3 Å². The second-order valence-corrected chi connectivity index (χ2v) is 5.36. The molecule has 0 radical (unpaired) electrons. The number of methoxy groups -OCH3 is 1. The number of phenols is 1. The van der Waals surface area contributed by atoms with E-state index in [1.807, 2.05) is 6.92 Å². The third kappa shape index (κ3) is 5.53. The van der Waals surface area contributed by atoms with Crippen molar-refractivity contribution in [2.75, 3.05) is 7.11 Å². The molecule has 0 aliphatic rings. The van der Waals surface area contributed by atoms with Crippen molar-refractivity contribution < 1.29 is 19.4 Å². The highest BCUT2D eigenvalue weighted by Gasteiger charge is 2.19. The number of hydrogen-bond donors (Lipinski definition) is 2. The summed E-state index contributed by atoms with van der Waals surface area (Å²) in [5, 5.41) is 13.6. The van der Waals surface area contributed by atoms with E-state index in [0.717, 1.165) is 12.2 Å². The zero-order chi connectivity index (χ0) is 18.1. The number of hydrogen-bond acceptors (Lipinski definition) is 5. The van der Waals surface area contributed by atoms with E-state index < -0.39 is 6.10 Å². The van der Waals surface area contributed by atoms with E-state index >= 15 is 0 Å². The first-order valence-corrected chi connectivity index (χ1v) is 8.05. The minimum Gasteiger partial charge on any atom is -0.507 e. The van der Waals surface area contributed by atoms with Gasteiger partial charge in [0.05, 0.1) is 13.3 Å². The van der Waals surface area contributed by atoms with Gasteiger partial charge in [0.1, 0.15) is 17.2 Å². The number of para-hydroxylation sites is 1. The van der Waals surface area contributed by atoms with Crippen molar-refractivity contribution >= 4 is 12.1 Å². The van der Waals surface area contributed by atoms with Gasteiger partial charge in [-0.3, -0.25) is 4.79 Å². The van der Waals surface area contributed by atoms with Crippen molar-refractivity contribution in [3.8, 4) is 17.2 Å². The summed E-state index contributed by atoms with van der Waals surface area (Å²) >= 11 is 0. The highest BCUT2D eigenvalue weighted by molar-refractivity contribution is 5.86.